The van der Waals surface area contributed by atoms with E-state index in [0.717, 1.165) is 12.8 Å². The molecule has 0 aliphatic rings. The SMILES string of the molecule is CCC(O)CC(C)(C)O.CCCCCCCCCCCC(=O)O.O=CO.c1ccccc1. The average molecular weight is 457 g/mol. The molecule has 1 aromatic carbocycles. The summed E-state index contributed by atoms with van der Waals surface area (Å²) in [5, 5.41) is 33.5. The maximum Gasteiger partial charge on any atom is 0.303 e. The first-order valence-electron chi connectivity index (χ1n) is 11.8. The third-order valence-electron chi connectivity index (χ3n) is 4.37. The molecule has 6 heteroatoms. The Kier molecular flexibility index (Phi) is 29.4. The largest absolute Gasteiger partial charge is 0.483 e. The highest BCUT2D eigenvalue weighted by Gasteiger charge is 2.16. The maximum absolute atomic E-state index is 10.2. The molecule has 0 saturated heterocycles. The van der Waals surface area contributed by atoms with E-state index >= 15 is 0 Å². The topological polar surface area (TPSA) is 115 Å². The van der Waals surface area contributed by atoms with Crippen molar-refractivity contribution in [3.05, 3.63) is 36.4 Å². The lowest BCUT2D eigenvalue weighted by molar-refractivity contribution is -0.137. The number of rotatable bonds is 13. The smallest absolute Gasteiger partial charge is 0.303 e. The summed E-state index contributed by atoms with van der Waals surface area (Å²) in [5.74, 6) is -0.659. The molecule has 1 rings (SSSR count). The number of carbonyl (C=O) groups is 2. The Hall–Kier alpha value is -1.92. The first-order chi connectivity index (χ1) is 15.1. The van der Waals surface area contributed by atoms with Crippen LogP contribution in [-0.2, 0) is 9.59 Å². The molecule has 0 bridgehead atoms. The quantitative estimate of drug-likeness (QED) is 0.205. The van der Waals surface area contributed by atoms with Crippen LogP contribution in [0.3, 0.4) is 0 Å². The minimum Gasteiger partial charge on any atom is -0.483 e. The van der Waals surface area contributed by atoms with Crippen LogP contribution in [0.4, 0.5) is 0 Å². The molecular weight excluding hydrogens is 408 g/mol. The molecule has 1 unspecified atom stereocenters. The molecule has 4 N–H and O–H groups in total. The fourth-order valence-corrected chi connectivity index (χ4v) is 2.69. The molecule has 0 fully saturated rings. The third kappa shape index (κ3) is 42.2. The van der Waals surface area contributed by atoms with Crippen molar-refractivity contribution >= 4 is 12.4 Å². The molecule has 0 saturated carbocycles. The second-order valence-electron chi connectivity index (χ2n) is 8.31. The number of carboxylic acids is 1. The van der Waals surface area contributed by atoms with Crippen molar-refractivity contribution in [3.8, 4) is 0 Å². The Morgan fingerprint density at radius 3 is 1.44 bits per heavy atom. The Bertz CT molecular complexity index is 458. The molecule has 1 atom stereocenters. The van der Waals surface area contributed by atoms with Gasteiger partial charge in [-0.1, -0.05) is 102 Å². The van der Waals surface area contributed by atoms with E-state index < -0.39 is 11.6 Å². The summed E-state index contributed by atoms with van der Waals surface area (Å²) in [6.07, 6.45) is 12.3. The number of unbranched alkanes of at least 4 members (excludes halogenated alkanes) is 8. The van der Waals surface area contributed by atoms with Crippen LogP contribution in [0.1, 0.15) is 105 Å². The van der Waals surface area contributed by atoms with Crippen LogP contribution in [0.2, 0.25) is 0 Å². The lowest BCUT2D eigenvalue weighted by atomic mass is 10.00. The summed E-state index contributed by atoms with van der Waals surface area (Å²) in [4.78, 5) is 18.6. The lowest BCUT2D eigenvalue weighted by Crippen LogP contribution is -2.25. The monoisotopic (exact) mass is 456 g/mol. The van der Waals surface area contributed by atoms with Gasteiger partial charge in [-0.15, -0.1) is 0 Å². The van der Waals surface area contributed by atoms with E-state index in [1.807, 2.05) is 43.3 Å². The lowest BCUT2D eigenvalue weighted by Gasteiger charge is -2.19. The van der Waals surface area contributed by atoms with Crippen LogP contribution in [0.15, 0.2) is 36.4 Å². The highest BCUT2D eigenvalue weighted by molar-refractivity contribution is 5.66. The Morgan fingerprint density at radius 2 is 1.19 bits per heavy atom. The summed E-state index contributed by atoms with van der Waals surface area (Å²) in [6, 6.07) is 12.0. The Balaban J connectivity index is -0.000000397. The number of carboxylic acid groups (broad SMARTS) is 2. The number of aliphatic hydroxyl groups excluding tert-OH is 1. The second kappa shape index (κ2) is 27.1. The molecular formula is C26H48O6. The Labute approximate surface area is 195 Å². The standard InChI is InChI=1S/C12H24O2.C7H16O2.C6H6.CH2O2/c1-2-3-4-5-6-7-8-9-10-11-12(13)14;1-4-6(8)5-7(2,3)9;1-2-4-6-5-3-1;2-1-3/h2-11H2,1H3,(H,13,14);6,8-9H,4-5H2,1-3H3;1-6H;1H,(H,2,3). The van der Waals surface area contributed by atoms with E-state index in [2.05, 4.69) is 6.92 Å². The van der Waals surface area contributed by atoms with E-state index in [0.29, 0.717) is 19.3 Å². The van der Waals surface area contributed by atoms with Crippen molar-refractivity contribution in [3.63, 3.8) is 0 Å². The molecule has 0 heterocycles. The van der Waals surface area contributed by atoms with Gasteiger partial charge in [0.2, 0.25) is 0 Å². The molecule has 0 aliphatic carbocycles. The van der Waals surface area contributed by atoms with Crippen LogP contribution in [0.5, 0.6) is 0 Å². The summed E-state index contributed by atoms with van der Waals surface area (Å²) in [5.41, 5.74) is -0.727. The molecule has 0 aliphatic heterocycles. The maximum atomic E-state index is 10.2. The van der Waals surface area contributed by atoms with Gasteiger partial charge in [0.05, 0.1) is 11.7 Å². The van der Waals surface area contributed by atoms with Gasteiger partial charge < -0.3 is 20.4 Å². The van der Waals surface area contributed by atoms with Crippen molar-refractivity contribution in [2.75, 3.05) is 0 Å². The van der Waals surface area contributed by atoms with Crippen LogP contribution >= 0.6 is 0 Å². The molecule has 188 valence electrons. The van der Waals surface area contributed by atoms with Gasteiger partial charge in [0.25, 0.3) is 6.47 Å². The fourth-order valence-electron chi connectivity index (χ4n) is 2.69. The van der Waals surface area contributed by atoms with Gasteiger partial charge in [0, 0.05) is 12.8 Å². The van der Waals surface area contributed by atoms with Gasteiger partial charge in [-0.2, -0.15) is 0 Å². The van der Waals surface area contributed by atoms with Gasteiger partial charge in [0.1, 0.15) is 0 Å². The third-order valence-corrected chi connectivity index (χ3v) is 4.37. The van der Waals surface area contributed by atoms with Gasteiger partial charge in [-0.3, -0.25) is 9.59 Å². The number of hydrogen-bond donors (Lipinski definition) is 4. The molecule has 0 aromatic heterocycles. The predicted octanol–water partition coefficient (Wildman–Crippen LogP) is 6.30. The second-order valence-corrected chi connectivity index (χ2v) is 8.31. The van der Waals surface area contributed by atoms with Crippen molar-refractivity contribution in [2.24, 2.45) is 0 Å². The normalized spacial score (nSPS) is 10.8. The fraction of sp³-hybridized carbons (Fsp3) is 0.692. The van der Waals surface area contributed by atoms with Crippen molar-refractivity contribution in [1.29, 1.82) is 0 Å². The number of aliphatic hydroxyl groups is 2. The molecule has 1 aromatic rings. The van der Waals surface area contributed by atoms with Crippen LogP contribution < -0.4 is 0 Å². The minimum absolute atomic E-state index is 0.250. The average Bonchev–Trinajstić information content (AvgIpc) is 2.74. The van der Waals surface area contributed by atoms with Gasteiger partial charge in [0.15, 0.2) is 0 Å². The highest BCUT2D eigenvalue weighted by Crippen LogP contribution is 2.12. The molecule has 32 heavy (non-hydrogen) atoms. The van der Waals surface area contributed by atoms with Gasteiger partial charge >= 0.3 is 5.97 Å². The molecule has 0 radical (unpaired) electrons. The zero-order valence-corrected chi connectivity index (χ0v) is 20.7. The summed E-state index contributed by atoms with van der Waals surface area (Å²) in [6.45, 7) is 7.28. The van der Waals surface area contributed by atoms with Crippen molar-refractivity contribution < 1.29 is 30.0 Å². The van der Waals surface area contributed by atoms with Gasteiger partial charge in [-0.25, -0.2) is 0 Å². The number of benzene rings is 1. The van der Waals surface area contributed by atoms with Crippen molar-refractivity contribution in [1.82, 2.24) is 0 Å². The summed E-state index contributed by atoms with van der Waals surface area (Å²) in [7, 11) is 0. The van der Waals surface area contributed by atoms with E-state index in [1.54, 1.807) is 13.8 Å². The molecule has 6 nitrogen and oxygen atoms in total. The van der Waals surface area contributed by atoms with E-state index in [9.17, 15) is 4.79 Å². The Morgan fingerprint density at radius 1 is 0.844 bits per heavy atom. The summed E-state index contributed by atoms with van der Waals surface area (Å²) >= 11 is 0. The van der Waals surface area contributed by atoms with E-state index in [1.165, 1.54) is 44.9 Å². The minimum atomic E-state index is -0.727. The summed E-state index contributed by atoms with van der Waals surface area (Å²) < 4.78 is 0. The van der Waals surface area contributed by atoms with Crippen LogP contribution in [0.25, 0.3) is 0 Å². The van der Waals surface area contributed by atoms with Crippen LogP contribution in [0, 0.1) is 0 Å². The van der Waals surface area contributed by atoms with Crippen molar-refractivity contribution in [2.45, 2.75) is 116 Å². The van der Waals surface area contributed by atoms with Crippen LogP contribution in [-0.4, -0.2) is 44.6 Å². The molecule has 0 spiro atoms. The van der Waals surface area contributed by atoms with E-state index in [-0.39, 0.29) is 12.6 Å². The molecule has 0 amide bonds. The number of aliphatic carboxylic acids is 1. The highest BCUT2D eigenvalue weighted by atomic mass is 16.4. The zero-order valence-electron chi connectivity index (χ0n) is 20.7. The van der Waals surface area contributed by atoms with Gasteiger partial charge in [-0.05, 0) is 26.7 Å². The van der Waals surface area contributed by atoms with E-state index in [4.69, 9.17) is 25.2 Å². The first kappa shape index (κ1) is 34.7. The predicted molar refractivity (Wildman–Crippen MR) is 132 cm³/mol. The zero-order chi connectivity index (χ0) is 25.1. The first-order valence-corrected chi connectivity index (χ1v) is 11.8. The number of hydrogen-bond acceptors (Lipinski definition) is 4.